The zero-order chi connectivity index (χ0) is 20.3. The quantitative estimate of drug-likeness (QED) is 0.622. The van der Waals surface area contributed by atoms with Crippen LogP contribution >= 0.6 is 0 Å². The number of nitrogens with zero attached hydrogens (tertiary/aromatic N) is 6. The van der Waals surface area contributed by atoms with Crippen molar-refractivity contribution in [2.45, 2.75) is 27.7 Å². The van der Waals surface area contributed by atoms with E-state index in [9.17, 15) is 13.2 Å². The molecule has 10 heteroatoms. The molecule has 0 aliphatic carbocycles. The molecule has 1 aromatic carbocycles. The number of ketones is 1. The van der Waals surface area contributed by atoms with Crippen LogP contribution in [0.3, 0.4) is 0 Å². The SMILES string of the molecule is Cc1c(C)c(C)c2c(c(C(=O)c3ncn(S(=O)(=O)N(C)C)n3)nn2C)c1C. The summed E-state index contributed by atoms with van der Waals surface area (Å²) in [5.41, 5.74) is 5.36. The van der Waals surface area contributed by atoms with Gasteiger partial charge in [-0.2, -0.15) is 17.8 Å². The van der Waals surface area contributed by atoms with Gasteiger partial charge >= 0.3 is 10.2 Å². The summed E-state index contributed by atoms with van der Waals surface area (Å²) >= 11 is 0. The van der Waals surface area contributed by atoms with Crippen LogP contribution in [0, 0.1) is 27.7 Å². The fourth-order valence-corrected chi connectivity index (χ4v) is 3.81. The molecule has 9 nitrogen and oxygen atoms in total. The molecule has 27 heavy (non-hydrogen) atoms. The van der Waals surface area contributed by atoms with E-state index >= 15 is 0 Å². The van der Waals surface area contributed by atoms with Gasteiger partial charge < -0.3 is 0 Å². The number of carbonyl (C=O) groups is 1. The number of hydrogen-bond donors (Lipinski definition) is 0. The first-order chi connectivity index (χ1) is 12.5. The average molecular weight is 390 g/mol. The third-order valence-electron chi connectivity index (χ3n) is 5.05. The van der Waals surface area contributed by atoms with Crippen LogP contribution in [-0.4, -0.2) is 56.6 Å². The second kappa shape index (κ2) is 6.24. The van der Waals surface area contributed by atoms with Gasteiger partial charge in [0.25, 0.3) is 5.78 Å². The Bertz CT molecular complexity index is 1190. The van der Waals surface area contributed by atoms with E-state index < -0.39 is 16.0 Å². The minimum atomic E-state index is -3.84. The Hall–Kier alpha value is -2.59. The summed E-state index contributed by atoms with van der Waals surface area (Å²) in [6.07, 6.45) is 1.02. The summed E-state index contributed by atoms with van der Waals surface area (Å²) < 4.78 is 27.7. The summed E-state index contributed by atoms with van der Waals surface area (Å²) in [5, 5.41) is 9.00. The van der Waals surface area contributed by atoms with Gasteiger partial charge in [0.05, 0.1) is 5.52 Å². The highest BCUT2D eigenvalue weighted by Gasteiger charge is 2.27. The third-order valence-corrected chi connectivity index (χ3v) is 6.62. The van der Waals surface area contributed by atoms with Crippen molar-refractivity contribution in [3.05, 3.63) is 40.1 Å². The van der Waals surface area contributed by atoms with E-state index in [2.05, 4.69) is 15.2 Å². The van der Waals surface area contributed by atoms with Gasteiger partial charge in [-0.3, -0.25) is 9.48 Å². The molecule has 0 N–H and O–H groups in total. The molecular formula is C17H22N6O3S. The van der Waals surface area contributed by atoms with Crippen LogP contribution in [0.5, 0.6) is 0 Å². The summed E-state index contributed by atoms with van der Waals surface area (Å²) in [6, 6.07) is 0. The van der Waals surface area contributed by atoms with E-state index in [4.69, 9.17) is 0 Å². The highest BCUT2D eigenvalue weighted by molar-refractivity contribution is 7.87. The topological polar surface area (TPSA) is 103 Å². The first-order valence-corrected chi connectivity index (χ1v) is 9.70. The van der Waals surface area contributed by atoms with Crippen molar-refractivity contribution in [2.75, 3.05) is 14.1 Å². The van der Waals surface area contributed by atoms with Gasteiger partial charge in [-0.1, -0.05) is 0 Å². The number of benzene rings is 1. The Labute approximate surface area is 157 Å². The number of carbonyl (C=O) groups excluding carboxylic acids is 1. The monoisotopic (exact) mass is 390 g/mol. The van der Waals surface area contributed by atoms with Gasteiger partial charge in [0.15, 0.2) is 0 Å². The predicted molar refractivity (Wildman–Crippen MR) is 101 cm³/mol. The molecule has 2 heterocycles. The van der Waals surface area contributed by atoms with Crippen LogP contribution in [0.25, 0.3) is 10.9 Å². The summed E-state index contributed by atoms with van der Waals surface area (Å²) in [6.45, 7) is 8.00. The third kappa shape index (κ3) is 2.76. The minimum Gasteiger partial charge on any atom is -0.283 e. The Morgan fingerprint density at radius 2 is 1.59 bits per heavy atom. The second-order valence-electron chi connectivity index (χ2n) is 6.76. The Morgan fingerprint density at radius 3 is 2.19 bits per heavy atom. The maximum Gasteiger partial charge on any atom is 0.323 e. The molecule has 0 amide bonds. The number of rotatable bonds is 4. The molecule has 0 saturated carbocycles. The number of hydrogen-bond acceptors (Lipinski definition) is 6. The molecule has 0 fully saturated rings. The van der Waals surface area contributed by atoms with Crippen molar-refractivity contribution >= 4 is 26.9 Å². The Morgan fingerprint density at radius 1 is 1.00 bits per heavy atom. The summed E-state index contributed by atoms with van der Waals surface area (Å²) in [4.78, 5) is 16.9. The lowest BCUT2D eigenvalue weighted by molar-refractivity contribution is 0.102. The van der Waals surface area contributed by atoms with Gasteiger partial charge in [-0.25, -0.2) is 4.98 Å². The Kier molecular flexibility index (Phi) is 4.43. The second-order valence-corrected chi connectivity index (χ2v) is 8.76. The lowest BCUT2D eigenvalue weighted by Crippen LogP contribution is -2.29. The summed E-state index contributed by atoms with van der Waals surface area (Å²) in [7, 11) is 0.697. The maximum absolute atomic E-state index is 13.0. The van der Waals surface area contributed by atoms with Gasteiger partial charge in [-0.05, 0) is 49.9 Å². The van der Waals surface area contributed by atoms with E-state index in [0.29, 0.717) is 4.09 Å². The molecule has 0 spiro atoms. The van der Waals surface area contributed by atoms with Gasteiger partial charge in [0.1, 0.15) is 12.0 Å². The normalized spacial score (nSPS) is 12.3. The minimum absolute atomic E-state index is 0.212. The first-order valence-electron chi connectivity index (χ1n) is 8.31. The average Bonchev–Trinajstić information content (AvgIpc) is 3.22. The molecule has 0 atom stereocenters. The lowest BCUT2D eigenvalue weighted by atomic mass is 9.93. The van der Waals surface area contributed by atoms with Crippen LogP contribution < -0.4 is 0 Å². The van der Waals surface area contributed by atoms with Crippen molar-refractivity contribution in [3.63, 3.8) is 0 Å². The highest BCUT2D eigenvalue weighted by Crippen LogP contribution is 2.31. The predicted octanol–water partition coefficient (Wildman–Crippen LogP) is 1.28. The van der Waals surface area contributed by atoms with Crippen molar-refractivity contribution in [3.8, 4) is 0 Å². The van der Waals surface area contributed by atoms with Crippen LogP contribution in [0.2, 0.25) is 0 Å². The number of fused-ring (bicyclic) bond motifs is 1. The van der Waals surface area contributed by atoms with Crippen LogP contribution in [0.1, 0.15) is 38.6 Å². The van der Waals surface area contributed by atoms with Crippen LogP contribution in [0.4, 0.5) is 0 Å². The van der Waals surface area contributed by atoms with E-state index in [1.165, 1.54) is 14.1 Å². The van der Waals surface area contributed by atoms with E-state index in [1.807, 2.05) is 27.7 Å². The van der Waals surface area contributed by atoms with Gasteiger partial charge in [0.2, 0.25) is 5.82 Å². The molecule has 3 rings (SSSR count). The van der Waals surface area contributed by atoms with E-state index in [0.717, 1.165) is 43.8 Å². The largest absolute Gasteiger partial charge is 0.323 e. The van der Waals surface area contributed by atoms with Crippen LogP contribution in [-0.2, 0) is 17.3 Å². The standard InChI is InChI=1S/C17H22N6O3S/c1-9-10(2)12(4)15-13(11(9)3)14(19-22(15)7)16(24)17-18-8-23(20-17)27(25,26)21(5)6/h8H,1-7H3. The molecule has 144 valence electrons. The van der Waals surface area contributed by atoms with Crippen molar-refractivity contribution in [2.24, 2.45) is 7.05 Å². The number of aryl methyl sites for hydroxylation is 3. The molecule has 0 aliphatic heterocycles. The number of aromatic nitrogens is 5. The van der Waals surface area contributed by atoms with Crippen molar-refractivity contribution < 1.29 is 13.2 Å². The Balaban J connectivity index is 2.20. The molecular weight excluding hydrogens is 368 g/mol. The molecule has 3 aromatic rings. The molecule has 0 bridgehead atoms. The molecule has 0 unspecified atom stereocenters. The fraction of sp³-hybridized carbons (Fsp3) is 0.412. The molecule has 0 aliphatic rings. The van der Waals surface area contributed by atoms with Crippen molar-refractivity contribution in [1.29, 1.82) is 0 Å². The van der Waals surface area contributed by atoms with Crippen LogP contribution in [0.15, 0.2) is 6.33 Å². The molecule has 0 saturated heterocycles. The zero-order valence-corrected chi connectivity index (χ0v) is 17.2. The first kappa shape index (κ1) is 19.2. The molecule has 0 radical (unpaired) electrons. The lowest BCUT2D eigenvalue weighted by Gasteiger charge is -2.11. The maximum atomic E-state index is 13.0. The highest BCUT2D eigenvalue weighted by atomic mass is 32.2. The van der Waals surface area contributed by atoms with E-state index in [1.54, 1.807) is 11.7 Å². The zero-order valence-electron chi connectivity index (χ0n) is 16.4. The summed E-state index contributed by atoms with van der Waals surface area (Å²) in [5.74, 6) is -0.727. The smallest absolute Gasteiger partial charge is 0.283 e. The van der Waals surface area contributed by atoms with Gasteiger partial charge in [-0.15, -0.1) is 9.19 Å². The van der Waals surface area contributed by atoms with Gasteiger partial charge in [0, 0.05) is 26.5 Å². The van der Waals surface area contributed by atoms with Crippen molar-refractivity contribution in [1.82, 2.24) is 28.3 Å². The fourth-order valence-electron chi connectivity index (χ4n) is 3.13. The molecule has 2 aromatic heterocycles. The van der Waals surface area contributed by atoms with E-state index in [-0.39, 0.29) is 11.5 Å².